The number of hydrogen-bond donors (Lipinski definition) is 2. The maximum Gasteiger partial charge on any atom is 0.0442 e. The molecule has 3 heteroatoms. The van der Waals surface area contributed by atoms with Crippen LogP contribution in [0, 0.1) is 5.21 Å². The van der Waals surface area contributed by atoms with Crippen molar-refractivity contribution in [1.29, 1.82) is 0 Å². The highest BCUT2D eigenvalue weighted by atomic mass is 16.5. The first-order chi connectivity index (χ1) is 2.91. The van der Waals surface area contributed by atoms with Crippen LogP contribution in [-0.4, -0.2) is 18.3 Å². The van der Waals surface area contributed by atoms with Crippen molar-refractivity contribution in [3.8, 4) is 0 Å². The van der Waals surface area contributed by atoms with Gasteiger partial charge in [0, 0.05) is 6.61 Å². The van der Waals surface area contributed by atoms with E-state index in [4.69, 9.17) is 5.11 Å². The van der Waals surface area contributed by atoms with E-state index in [0.717, 1.165) is 0 Å². The molecule has 0 aromatic rings. The number of hydroxylamine groups is 1. The van der Waals surface area contributed by atoms with Gasteiger partial charge >= 0.3 is 0 Å². The van der Waals surface area contributed by atoms with E-state index in [1.54, 1.807) is 5.48 Å². The molecule has 38 valence electrons. The predicted molar refractivity (Wildman–Crippen MR) is 23.1 cm³/mol. The number of hydrogen-bond acceptors (Lipinski definition) is 3. The van der Waals surface area contributed by atoms with Crippen LogP contribution in [0.5, 0.6) is 0 Å². The minimum absolute atomic E-state index is 0.0925. The molecular weight excluding hydrogens is 82.0 g/mol. The molecule has 0 aromatic heterocycles. The lowest BCUT2D eigenvalue weighted by Crippen LogP contribution is -2.06. The zero-order valence-corrected chi connectivity index (χ0v) is 3.48. The van der Waals surface area contributed by atoms with Crippen molar-refractivity contribution in [2.45, 2.75) is 6.42 Å². The van der Waals surface area contributed by atoms with E-state index in [1.165, 1.54) is 0 Å². The molecule has 3 nitrogen and oxygen atoms in total. The number of nitrogens with one attached hydrogen (secondary N) is 1. The molecule has 0 amide bonds. The minimum Gasteiger partial charge on any atom is -0.788 e. The number of aliphatic hydroxyl groups excluding tert-OH is 1. The summed E-state index contributed by atoms with van der Waals surface area (Å²) in [7, 11) is 0. The van der Waals surface area contributed by atoms with E-state index in [1.807, 2.05) is 0 Å². The van der Waals surface area contributed by atoms with Gasteiger partial charge in [-0.15, -0.1) is 0 Å². The standard InChI is InChI=1S/C3H8NO2/c5-3-1-2-4-6/h4-5H,1-3H2/q-1. The van der Waals surface area contributed by atoms with Crippen LogP contribution in [0.1, 0.15) is 6.42 Å². The molecule has 0 radical (unpaired) electrons. The van der Waals surface area contributed by atoms with Gasteiger partial charge in [0.2, 0.25) is 0 Å². The highest BCUT2D eigenvalue weighted by Gasteiger charge is 1.71. The van der Waals surface area contributed by atoms with Gasteiger partial charge in [0.05, 0.1) is 0 Å². The third-order valence-corrected chi connectivity index (χ3v) is 0.437. The van der Waals surface area contributed by atoms with Crippen molar-refractivity contribution in [3.63, 3.8) is 0 Å². The maximum atomic E-state index is 9.33. The first-order valence-corrected chi connectivity index (χ1v) is 1.87. The number of rotatable bonds is 3. The zero-order chi connectivity index (χ0) is 4.83. The monoisotopic (exact) mass is 90.1 g/mol. The Morgan fingerprint density at radius 1 is 1.67 bits per heavy atom. The molecular formula is C3H8NO2-. The zero-order valence-electron chi connectivity index (χ0n) is 3.48. The van der Waals surface area contributed by atoms with E-state index in [9.17, 15) is 5.21 Å². The van der Waals surface area contributed by atoms with Crippen LogP contribution in [0.2, 0.25) is 0 Å². The Balaban J connectivity index is 2.34. The van der Waals surface area contributed by atoms with Gasteiger partial charge in [-0.05, 0) is 13.0 Å². The Kier molecular flexibility index (Phi) is 4.78. The van der Waals surface area contributed by atoms with Crippen molar-refractivity contribution in [2.24, 2.45) is 0 Å². The van der Waals surface area contributed by atoms with Gasteiger partial charge in [0.1, 0.15) is 0 Å². The normalized spacial score (nSPS) is 9.00. The van der Waals surface area contributed by atoms with Crippen LogP contribution in [0.4, 0.5) is 0 Å². The second-order valence-corrected chi connectivity index (χ2v) is 0.971. The van der Waals surface area contributed by atoms with Gasteiger partial charge in [-0.2, -0.15) is 0 Å². The summed E-state index contributed by atoms with van der Waals surface area (Å²) in [6.45, 7) is 0.450. The van der Waals surface area contributed by atoms with Crippen LogP contribution in [0.3, 0.4) is 0 Å². The van der Waals surface area contributed by atoms with Gasteiger partial charge < -0.3 is 15.8 Å². The molecule has 0 unspecified atom stereocenters. The molecule has 0 saturated heterocycles. The molecule has 0 spiro atoms. The molecule has 0 atom stereocenters. The van der Waals surface area contributed by atoms with Crippen molar-refractivity contribution in [2.75, 3.05) is 13.2 Å². The Morgan fingerprint density at radius 2 is 2.33 bits per heavy atom. The van der Waals surface area contributed by atoms with Crippen LogP contribution < -0.4 is 5.48 Å². The van der Waals surface area contributed by atoms with E-state index in [-0.39, 0.29) is 6.61 Å². The summed E-state index contributed by atoms with van der Waals surface area (Å²) >= 11 is 0. The summed E-state index contributed by atoms with van der Waals surface area (Å²) in [6.07, 6.45) is 0.545. The predicted octanol–water partition coefficient (Wildman–Crippen LogP) is -0.544. The molecule has 0 aromatic carbocycles. The van der Waals surface area contributed by atoms with E-state index >= 15 is 0 Å². The highest BCUT2D eigenvalue weighted by molar-refractivity contribution is 4.40. The Bertz CT molecular complexity index is 20.8. The van der Waals surface area contributed by atoms with Crippen LogP contribution in [-0.2, 0) is 0 Å². The lowest BCUT2D eigenvalue weighted by molar-refractivity contribution is 0.288. The molecule has 0 saturated carbocycles. The van der Waals surface area contributed by atoms with Crippen LogP contribution in [0.15, 0.2) is 0 Å². The molecule has 0 aliphatic rings. The molecule has 0 aliphatic heterocycles. The quantitative estimate of drug-likeness (QED) is 0.361. The summed E-state index contributed by atoms with van der Waals surface area (Å²) in [5.74, 6) is 0. The second-order valence-electron chi connectivity index (χ2n) is 0.971. The first kappa shape index (κ1) is 5.88. The van der Waals surface area contributed by atoms with E-state index in [0.29, 0.717) is 13.0 Å². The average molecular weight is 90.1 g/mol. The Hall–Kier alpha value is -0.120. The Labute approximate surface area is 36.6 Å². The fraction of sp³-hybridized carbons (Fsp3) is 1.00. The molecule has 0 heterocycles. The summed E-state index contributed by atoms with van der Waals surface area (Å²) in [6, 6.07) is 0. The molecule has 6 heavy (non-hydrogen) atoms. The summed E-state index contributed by atoms with van der Waals surface area (Å²) < 4.78 is 0. The summed E-state index contributed by atoms with van der Waals surface area (Å²) in [5, 5.41) is 17.3. The summed E-state index contributed by atoms with van der Waals surface area (Å²) in [5.41, 5.74) is 1.66. The van der Waals surface area contributed by atoms with Crippen molar-refractivity contribution in [3.05, 3.63) is 5.21 Å². The van der Waals surface area contributed by atoms with Gasteiger partial charge in [-0.25, -0.2) is 0 Å². The third kappa shape index (κ3) is 3.88. The minimum atomic E-state index is 0.0925. The Morgan fingerprint density at radius 3 is 2.50 bits per heavy atom. The largest absolute Gasteiger partial charge is 0.788 e. The third-order valence-electron chi connectivity index (χ3n) is 0.437. The molecule has 0 aliphatic carbocycles. The van der Waals surface area contributed by atoms with E-state index in [2.05, 4.69) is 0 Å². The smallest absolute Gasteiger partial charge is 0.0442 e. The van der Waals surface area contributed by atoms with Crippen molar-refractivity contribution in [1.82, 2.24) is 5.48 Å². The highest BCUT2D eigenvalue weighted by Crippen LogP contribution is 1.66. The molecule has 0 rings (SSSR count). The fourth-order valence-corrected chi connectivity index (χ4v) is 0.151. The molecule has 2 N–H and O–H groups in total. The maximum absolute atomic E-state index is 9.33. The van der Waals surface area contributed by atoms with Gasteiger partial charge in [0.15, 0.2) is 0 Å². The van der Waals surface area contributed by atoms with E-state index < -0.39 is 0 Å². The fourth-order valence-electron chi connectivity index (χ4n) is 0.151. The lowest BCUT2D eigenvalue weighted by atomic mass is 10.5. The lowest BCUT2D eigenvalue weighted by Gasteiger charge is -2.02. The first-order valence-electron chi connectivity index (χ1n) is 1.87. The summed E-state index contributed by atoms with van der Waals surface area (Å²) in [4.78, 5) is 0. The number of aliphatic hydroxyl groups is 1. The van der Waals surface area contributed by atoms with Crippen LogP contribution in [0.25, 0.3) is 0 Å². The van der Waals surface area contributed by atoms with Gasteiger partial charge in [0.25, 0.3) is 0 Å². The second kappa shape index (κ2) is 4.88. The SMILES string of the molecule is [O-]NCCCO. The van der Waals surface area contributed by atoms with Crippen molar-refractivity contribution < 1.29 is 5.11 Å². The molecule has 0 bridgehead atoms. The van der Waals surface area contributed by atoms with Crippen molar-refractivity contribution >= 4 is 0 Å². The topological polar surface area (TPSA) is 55.3 Å². The van der Waals surface area contributed by atoms with Gasteiger partial charge in [-0.3, -0.25) is 0 Å². The van der Waals surface area contributed by atoms with Crippen LogP contribution >= 0.6 is 0 Å². The van der Waals surface area contributed by atoms with Gasteiger partial charge in [-0.1, -0.05) is 0 Å². The average Bonchev–Trinajstić information content (AvgIpc) is 1.61. The molecule has 0 fully saturated rings.